The van der Waals surface area contributed by atoms with Crippen molar-refractivity contribution in [1.82, 2.24) is 5.32 Å². The standard InChI is InChI=1S/C16H25NO2/c1-4-12(2)10-14(17-3)13-6-7-15-16(11-13)19-9-5-8-18-15/h6-7,11-12,14,17H,4-5,8-10H2,1-3H3. The molecule has 106 valence electrons. The average Bonchev–Trinajstić information content (AvgIpc) is 2.68. The van der Waals surface area contributed by atoms with Crippen molar-refractivity contribution < 1.29 is 9.47 Å². The number of ether oxygens (including phenoxy) is 2. The highest BCUT2D eigenvalue weighted by Gasteiger charge is 2.16. The number of nitrogens with one attached hydrogen (secondary N) is 1. The van der Waals surface area contributed by atoms with Crippen molar-refractivity contribution in [2.45, 2.75) is 39.2 Å². The first-order valence-corrected chi connectivity index (χ1v) is 7.31. The van der Waals surface area contributed by atoms with Gasteiger partial charge in [-0.2, -0.15) is 0 Å². The number of rotatable bonds is 5. The van der Waals surface area contributed by atoms with Gasteiger partial charge >= 0.3 is 0 Å². The van der Waals surface area contributed by atoms with Gasteiger partial charge < -0.3 is 14.8 Å². The van der Waals surface area contributed by atoms with E-state index in [1.54, 1.807) is 0 Å². The quantitative estimate of drug-likeness (QED) is 0.881. The predicted octanol–water partition coefficient (Wildman–Crippen LogP) is 3.54. The molecule has 3 nitrogen and oxygen atoms in total. The van der Waals surface area contributed by atoms with Crippen LogP contribution >= 0.6 is 0 Å². The molecule has 0 aliphatic carbocycles. The summed E-state index contributed by atoms with van der Waals surface area (Å²) in [6, 6.07) is 6.70. The normalized spacial score (nSPS) is 17.6. The third-order valence-electron chi connectivity index (χ3n) is 3.86. The van der Waals surface area contributed by atoms with Gasteiger partial charge in [0, 0.05) is 12.5 Å². The van der Waals surface area contributed by atoms with Gasteiger partial charge in [-0.05, 0) is 37.1 Å². The lowest BCUT2D eigenvalue weighted by Crippen LogP contribution is -2.19. The highest BCUT2D eigenvalue weighted by Crippen LogP contribution is 2.33. The molecule has 0 bridgehead atoms. The monoisotopic (exact) mass is 263 g/mol. The van der Waals surface area contributed by atoms with Crippen LogP contribution in [0.15, 0.2) is 18.2 Å². The van der Waals surface area contributed by atoms with Gasteiger partial charge in [-0.3, -0.25) is 0 Å². The maximum absolute atomic E-state index is 5.76. The first-order valence-electron chi connectivity index (χ1n) is 7.31. The Balaban J connectivity index is 2.16. The molecule has 1 aliphatic heterocycles. The van der Waals surface area contributed by atoms with Crippen LogP contribution in [0.5, 0.6) is 11.5 Å². The molecule has 1 aromatic rings. The van der Waals surface area contributed by atoms with E-state index in [2.05, 4.69) is 31.3 Å². The summed E-state index contributed by atoms with van der Waals surface area (Å²) in [6.07, 6.45) is 3.31. The highest BCUT2D eigenvalue weighted by atomic mass is 16.5. The topological polar surface area (TPSA) is 30.5 Å². The van der Waals surface area contributed by atoms with Crippen molar-refractivity contribution in [2.24, 2.45) is 5.92 Å². The summed E-state index contributed by atoms with van der Waals surface area (Å²) in [5.74, 6) is 2.48. The van der Waals surface area contributed by atoms with Gasteiger partial charge in [0.15, 0.2) is 11.5 Å². The molecule has 0 aromatic heterocycles. The molecule has 2 rings (SSSR count). The molecule has 2 unspecified atom stereocenters. The van der Waals surface area contributed by atoms with E-state index in [0.717, 1.165) is 37.6 Å². The summed E-state index contributed by atoms with van der Waals surface area (Å²) in [5, 5.41) is 3.41. The lowest BCUT2D eigenvalue weighted by Gasteiger charge is -2.21. The van der Waals surface area contributed by atoms with Crippen LogP contribution in [0.2, 0.25) is 0 Å². The average molecular weight is 263 g/mol. The summed E-state index contributed by atoms with van der Waals surface area (Å²) in [6.45, 7) is 6.03. The maximum Gasteiger partial charge on any atom is 0.161 e. The van der Waals surface area contributed by atoms with Gasteiger partial charge in [-0.15, -0.1) is 0 Å². The SMILES string of the molecule is CCC(C)CC(NC)c1ccc2c(c1)OCCCO2. The summed E-state index contributed by atoms with van der Waals surface area (Å²) in [4.78, 5) is 0. The van der Waals surface area contributed by atoms with Crippen LogP contribution in [0.1, 0.15) is 44.7 Å². The van der Waals surface area contributed by atoms with Crippen molar-refractivity contribution >= 4 is 0 Å². The second kappa shape index (κ2) is 6.80. The summed E-state index contributed by atoms with van der Waals surface area (Å²) in [7, 11) is 2.02. The first-order chi connectivity index (χ1) is 9.24. The van der Waals surface area contributed by atoms with E-state index in [-0.39, 0.29) is 0 Å². The van der Waals surface area contributed by atoms with Crippen LogP contribution < -0.4 is 14.8 Å². The van der Waals surface area contributed by atoms with Crippen LogP contribution in [0, 0.1) is 5.92 Å². The Bertz CT molecular complexity index is 406. The summed E-state index contributed by atoms with van der Waals surface area (Å²) in [5.41, 5.74) is 1.28. The highest BCUT2D eigenvalue weighted by molar-refractivity contribution is 5.44. The molecule has 0 saturated heterocycles. The molecular weight excluding hydrogens is 238 g/mol. The van der Waals surface area contributed by atoms with E-state index in [1.807, 2.05) is 13.1 Å². The zero-order chi connectivity index (χ0) is 13.7. The molecule has 0 saturated carbocycles. The van der Waals surface area contributed by atoms with Crippen molar-refractivity contribution in [3.8, 4) is 11.5 Å². The van der Waals surface area contributed by atoms with Gasteiger partial charge in [-0.25, -0.2) is 0 Å². The van der Waals surface area contributed by atoms with E-state index in [1.165, 1.54) is 12.0 Å². The molecule has 1 aliphatic rings. The number of benzene rings is 1. The van der Waals surface area contributed by atoms with Crippen LogP contribution in [0.25, 0.3) is 0 Å². The molecule has 1 aromatic carbocycles. The summed E-state index contributed by atoms with van der Waals surface area (Å²) >= 11 is 0. The molecular formula is C16H25NO2. The lowest BCUT2D eigenvalue weighted by molar-refractivity contribution is 0.297. The fraction of sp³-hybridized carbons (Fsp3) is 0.625. The van der Waals surface area contributed by atoms with Gasteiger partial charge in [0.1, 0.15) is 0 Å². The third kappa shape index (κ3) is 3.63. The largest absolute Gasteiger partial charge is 0.490 e. The summed E-state index contributed by atoms with van der Waals surface area (Å²) < 4.78 is 11.4. The minimum absolute atomic E-state index is 0.382. The predicted molar refractivity (Wildman–Crippen MR) is 77.9 cm³/mol. The number of hydrogen-bond acceptors (Lipinski definition) is 3. The zero-order valence-corrected chi connectivity index (χ0v) is 12.2. The van der Waals surface area contributed by atoms with Crippen molar-refractivity contribution in [1.29, 1.82) is 0 Å². The fourth-order valence-electron chi connectivity index (χ4n) is 2.39. The van der Waals surface area contributed by atoms with E-state index in [0.29, 0.717) is 12.0 Å². The molecule has 0 fully saturated rings. The zero-order valence-electron chi connectivity index (χ0n) is 12.2. The van der Waals surface area contributed by atoms with Crippen LogP contribution in [0.3, 0.4) is 0 Å². The minimum Gasteiger partial charge on any atom is -0.490 e. The van der Waals surface area contributed by atoms with Gasteiger partial charge in [-0.1, -0.05) is 26.3 Å². The van der Waals surface area contributed by atoms with Crippen LogP contribution in [-0.2, 0) is 0 Å². The second-order valence-electron chi connectivity index (χ2n) is 5.35. The first kappa shape index (κ1) is 14.2. The lowest BCUT2D eigenvalue weighted by atomic mass is 9.94. The maximum atomic E-state index is 5.76. The number of fused-ring (bicyclic) bond motifs is 1. The Morgan fingerprint density at radius 3 is 2.63 bits per heavy atom. The Morgan fingerprint density at radius 2 is 1.95 bits per heavy atom. The van der Waals surface area contributed by atoms with E-state index >= 15 is 0 Å². The van der Waals surface area contributed by atoms with Crippen molar-refractivity contribution in [3.63, 3.8) is 0 Å². The Hall–Kier alpha value is -1.22. The van der Waals surface area contributed by atoms with Crippen LogP contribution in [-0.4, -0.2) is 20.3 Å². The Morgan fingerprint density at radius 1 is 1.21 bits per heavy atom. The Kier molecular flexibility index (Phi) is 5.08. The molecule has 2 atom stereocenters. The second-order valence-corrected chi connectivity index (χ2v) is 5.35. The smallest absolute Gasteiger partial charge is 0.161 e. The van der Waals surface area contributed by atoms with Crippen molar-refractivity contribution in [2.75, 3.05) is 20.3 Å². The molecule has 0 radical (unpaired) electrons. The Labute approximate surface area is 116 Å². The van der Waals surface area contributed by atoms with E-state index in [4.69, 9.17) is 9.47 Å². The van der Waals surface area contributed by atoms with E-state index < -0.39 is 0 Å². The third-order valence-corrected chi connectivity index (χ3v) is 3.86. The van der Waals surface area contributed by atoms with Crippen molar-refractivity contribution in [3.05, 3.63) is 23.8 Å². The minimum atomic E-state index is 0.382. The molecule has 1 heterocycles. The van der Waals surface area contributed by atoms with Gasteiger partial charge in [0.25, 0.3) is 0 Å². The molecule has 0 amide bonds. The number of hydrogen-bond donors (Lipinski definition) is 1. The molecule has 0 spiro atoms. The van der Waals surface area contributed by atoms with Crippen LogP contribution in [0.4, 0.5) is 0 Å². The van der Waals surface area contributed by atoms with E-state index in [9.17, 15) is 0 Å². The molecule has 1 N–H and O–H groups in total. The molecule has 19 heavy (non-hydrogen) atoms. The van der Waals surface area contributed by atoms with Gasteiger partial charge in [0.05, 0.1) is 13.2 Å². The molecule has 3 heteroatoms. The van der Waals surface area contributed by atoms with Gasteiger partial charge in [0.2, 0.25) is 0 Å². The fourth-order valence-corrected chi connectivity index (χ4v) is 2.39.